The van der Waals surface area contributed by atoms with Gasteiger partial charge in [0, 0.05) is 12.2 Å². The molecule has 2 aromatic rings. The molecule has 3 nitrogen and oxygen atoms in total. The molecule has 1 heterocycles. The number of anilines is 1. The molecule has 1 saturated heterocycles. The Morgan fingerprint density at radius 2 is 1.92 bits per heavy atom. The first-order valence-electron chi connectivity index (χ1n) is 8.23. The average molecular weight is 344 g/mol. The van der Waals surface area contributed by atoms with Gasteiger partial charge in [-0.05, 0) is 73.9 Å². The van der Waals surface area contributed by atoms with Gasteiger partial charge < -0.3 is 15.0 Å². The van der Waals surface area contributed by atoms with Gasteiger partial charge in [0.05, 0.1) is 12.6 Å². The van der Waals surface area contributed by atoms with E-state index in [2.05, 4.69) is 22.3 Å². The van der Waals surface area contributed by atoms with E-state index in [1.807, 2.05) is 19.1 Å². The van der Waals surface area contributed by atoms with Crippen LogP contribution in [0.25, 0.3) is 0 Å². The number of thiocarbonyl (C=S) groups is 1. The topological polar surface area (TPSA) is 24.5 Å². The zero-order chi connectivity index (χ0) is 16.9. The van der Waals surface area contributed by atoms with Crippen molar-refractivity contribution in [1.29, 1.82) is 0 Å². The molecule has 0 aliphatic carbocycles. The second-order valence-electron chi connectivity index (χ2n) is 5.79. The van der Waals surface area contributed by atoms with Gasteiger partial charge in [-0.2, -0.15) is 0 Å². The van der Waals surface area contributed by atoms with Crippen LogP contribution < -0.4 is 10.1 Å². The van der Waals surface area contributed by atoms with E-state index < -0.39 is 0 Å². The summed E-state index contributed by atoms with van der Waals surface area (Å²) in [6, 6.07) is 14.7. The Morgan fingerprint density at radius 3 is 2.58 bits per heavy atom. The van der Waals surface area contributed by atoms with Gasteiger partial charge in [0.15, 0.2) is 5.11 Å². The molecule has 3 rings (SSSR count). The summed E-state index contributed by atoms with van der Waals surface area (Å²) < 4.78 is 18.5. The average Bonchev–Trinajstić information content (AvgIpc) is 3.08. The quantitative estimate of drug-likeness (QED) is 0.809. The lowest BCUT2D eigenvalue weighted by Gasteiger charge is -2.28. The summed E-state index contributed by atoms with van der Waals surface area (Å²) in [6.07, 6.45) is 2.17. The molecule has 1 aliphatic heterocycles. The van der Waals surface area contributed by atoms with E-state index in [1.165, 1.54) is 17.7 Å². The molecule has 0 saturated carbocycles. The summed E-state index contributed by atoms with van der Waals surface area (Å²) in [5.41, 5.74) is 2.04. The van der Waals surface area contributed by atoms with Gasteiger partial charge in [0.25, 0.3) is 0 Å². The zero-order valence-corrected chi connectivity index (χ0v) is 14.5. The summed E-state index contributed by atoms with van der Waals surface area (Å²) >= 11 is 5.57. The zero-order valence-electron chi connectivity index (χ0n) is 13.7. The Hall–Kier alpha value is -2.14. The molecule has 1 aliphatic rings. The molecule has 24 heavy (non-hydrogen) atoms. The molecule has 0 aromatic heterocycles. The molecule has 0 amide bonds. The molecule has 1 N–H and O–H groups in total. The molecular formula is C19H21FN2OS. The number of ether oxygens (including phenoxy) is 1. The minimum Gasteiger partial charge on any atom is -0.494 e. The van der Waals surface area contributed by atoms with Gasteiger partial charge in [0.2, 0.25) is 0 Å². The number of likely N-dealkylation sites (tertiary alicyclic amines) is 1. The first-order chi connectivity index (χ1) is 11.7. The third kappa shape index (κ3) is 3.85. The first kappa shape index (κ1) is 16.7. The van der Waals surface area contributed by atoms with Crippen molar-refractivity contribution in [2.24, 2.45) is 0 Å². The molecule has 0 radical (unpaired) electrons. The molecule has 126 valence electrons. The second-order valence-corrected chi connectivity index (χ2v) is 6.18. The lowest BCUT2D eigenvalue weighted by Crippen LogP contribution is -2.34. The van der Waals surface area contributed by atoms with E-state index in [0.29, 0.717) is 11.7 Å². The van der Waals surface area contributed by atoms with Crippen molar-refractivity contribution in [2.45, 2.75) is 25.8 Å². The van der Waals surface area contributed by atoms with E-state index in [9.17, 15) is 4.39 Å². The number of halogens is 1. The molecule has 2 aromatic carbocycles. The Bertz CT molecular complexity index is 688. The Labute approximate surface area is 147 Å². The predicted molar refractivity (Wildman–Crippen MR) is 98.9 cm³/mol. The van der Waals surface area contributed by atoms with Gasteiger partial charge in [-0.25, -0.2) is 4.39 Å². The molecule has 1 fully saturated rings. The van der Waals surface area contributed by atoms with Crippen molar-refractivity contribution < 1.29 is 9.13 Å². The number of nitrogens with zero attached hydrogens (tertiary/aromatic N) is 1. The van der Waals surface area contributed by atoms with Crippen molar-refractivity contribution in [3.63, 3.8) is 0 Å². The molecule has 5 heteroatoms. The summed E-state index contributed by atoms with van der Waals surface area (Å²) in [5, 5.41) is 3.89. The van der Waals surface area contributed by atoms with Gasteiger partial charge in [0.1, 0.15) is 11.6 Å². The second kappa shape index (κ2) is 7.62. The first-order valence-corrected chi connectivity index (χ1v) is 8.64. The Balaban J connectivity index is 1.70. The largest absolute Gasteiger partial charge is 0.494 e. The van der Waals surface area contributed by atoms with E-state index in [4.69, 9.17) is 17.0 Å². The van der Waals surface area contributed by atoms with Crippen molar-refractivity contribution >= 4 is 23.0 Å². The normalized spacial score (nSPS) is 16.9. The number of rotatable bonds is 4. The van der Waals surface area contributed by atoms with Crippen LogP contribution in [0.15, 0.2) is 48.5 Å². The summed E-state index contributed by atoms with van der Waals surface area (Å²) in [5.74, 6) is 0.637. The monoisotopic (exact) mass is 344 g/mol. The maximum absolute atomic E-state index is 13.0. The van der Waals surface area contributed by atoms with E-state index in [0.717, 1.165) is 30.8 Å². The molecule has 1 atom stereocenters. The van der Waals surface area contributed by atoms with Gasteiger partial charge in [-0.15, -0.1) is 0 Å². The van der Waals surface area contributed by atoms with Gasteiger partial charge in [-0.3, -0.25) is 0 Å². The maximum atomic E-state index is 13.0. The lowest BCUT2D eigenvalue weighted by atomic mass is 10.0. The summed E-state index contributed by atoms with van der Waals surface area (Å²) in [7, 11) is 0. The number of benzene rings is 2. The highest BCUT2D eigenvalue weighted by Gasteiger charge is 2.28. The molecule has 0 unspecified atom stereocenters. The highest BCUT2D eigenvalue weighted by atomic mass is 32.1. The molecule has 0 spiro atoms. The van der Waals surface area contributed by atoms with Gasteiger partial charge in [-0.1, -0.05) is 12.1 Å². The minimum absolute atomic E-state index is 0.250. The fraction of sp³-hybridized carbons (Fsp3) is 0.316. The number of nitrogens with one attached hydrogen (secondary N) is 1. The fourth-order valence-electron chi connectivity index (χ4n) is 3.04. The van der Waals surface area contributed by atoms with E-state index >= 15 is 0 Å². The van der Waals surface area contributed by atoms with Crippen molar-refractivity contribution in [2.75, 3.05) is 18.5 Å². The Morgan fingerprint density at radius 1 is 1.21 bits per heavy atom. The van der Waals surface area contributed by atoms with Crippen molar-refractivity contribution in [3.05, 3.63) is 59.9 Å². The van der Waals surface area contributed by atoms with E-state index in [-0.39, 0.29) is 11.9 Å². The Kier molecular flexibility index (Phi) is 5.30. The van der Waals surface area contributed by atoms with Crippen LogP contribution in [0.1, 0.15) is 31.4 Å². The number of hydrogen-bond donors (Lipinski definition) is 1. The standard InChI is InChI=1S/C19H21FN2OS/c1-2-23-17-11-5-14(6-12-17)18-4-3-13-22(18)19(24)21-16-9-7-15(20)8-10-16/h5-12,18H,2-4,13H2,1H3,(H,21,24)/t18-/m1/s1. The van der Waals surface area contributed by atoms with Crippen LogP contribution in [-0.4, -0.2) is 23.2 Å². The third-order valence-electron chi connectivity index (χ3n) is 4.19. The van der Waals surface area contributed by atoms with Crippen LogP contribution in [0.4, 0.5) is 10.1 Å². The van der Waals surface area contributed by atoms with Crippen LogP contribution >= 0.6 is 12.2 Å². The van der Waals surface area contributed by atoms with Crippen LogP contribution in [0.3, 0.4) is 0 Å². The van der Waals surface area contributed by atoms with Crippen molar-refractivity contribution in [3.8, 4) is 5.75 Å². The highest BCUT2D eigenvalue weighted by Crippen LogP contribution is 2.33. The van der Waals surface area contributed by atoms with E-state index in [1.54, 1.807) is 12.1 Å². The van der Waals surface area contributed by atoms with Crippen LogP contribution in [0, 0.1) is 5.82 Å². The highest BCUT2D eigenvalue weighted by molar-refractivity contribution is 7.80. The third-order valence-corrected chi connectivity index (χ3v) is 4.52. The fourth-order valence-corrected chi connectivity index (χ4v) is 3.37. The molecular weight excluding hydrogens is 323 g/mol. The molecule has 0 bridgehead atoms. The SMILES string of the molecule is CCOc1ccc([C@H]2CCCN2C(=S)Nc2ccc(F)cc2)cc1. The predicted octanol–water partition coefficient (Wildman–Crippen LogP) is 4.76. The summed E-state index contributed by atoms with van der Waals surface area (Å²) in [4.78, 5) is 2.20. The number of hydrogen-bond acceptors (Lipinski definition) is 2. The maximum Gasteiger partial charge on any atom is 0.173 e. The van der Waals surface area contributed by atoms with Crippen LogP contribution in [0.2, 0.25) is 0 Å². The minimum atomic E-state index is -0.250. The van der Waals surface area contributed by atoms with Crippen molar-refractivity contribution in [1.82, 2.24) is 4.90 Å². The lowest BCUT2D eigenvalue weighted by molar-refractivity contribution is 0.339. The van der Waals surface area contributed by atoms with Crippen LogP contribution in [-0.2, 0) is 0 Å². The smallest absolute Gasteiger partial charge is 0.173 e. The van der Waals surface area contributed by atoms with Gasteiger partial charge >= 0.3 is 0 Å². The summed E-state index contributed by atoms with van der Waals surface area (Å²) in [6.45, 7) is 3.57. The van der Waals surface area contributed by atoms with Crippen LogP contribution in [0.5, 0.6) is 5.75 Å².